The Bertz CT molecular complexity index is 741. The van der Waals surface area contributed by atoms with Crippen molar-refractivity contribution in [1.82, 2.24) is 4.90 Å². The van der Waals surface area contributed by atoms with Crippen molar-refractivity contribution in [3.63, 3.8) is 0 Å². The van der Waals surface area contributed by atoms with Gasteiger partial charge in [-0.05, 0) is 41.8 Å². The smallest absolute Gasteiger partial charge is 0.223 e. The third kappa shape index (κ3) is 5.01. The van der Waals surface area contributed by atoms with E-state index in [1.54, 1.807) is 7.11 Å². The number of rotatable bonds is 6. The molecular weight excluding hydrogens is 340 g/mol. The van der Waals surface area contributed by atoms with E-state index >= 15 is 0 Å². The average Bonchev–Trinajstić information content (AvgIpc) is 2.72. The van der Waals surface area contributed by atoms with Crippen LogP contribution in [0.25, 0.3) is 0 Å². The van der Waals surface area contributed by atoms with Crippen molar-refractivity contribution in [2.75, 3.05) is 45.8 Å². The maximum absolute atomic E-state index is 12.7. The minimum atomic E-state index is -0.0556. The Morgan fingerprint density at radius 1 is 1.15 bits per heavy atom. The summed E-state index contributed by atoms with van der Waals surface area (Å²) in [5.74, 6) is 1.02. The summed E-state index contributed by atoms with van der Waals surface area (Å²) in [5, 5.41) is 0. The SMILES string of the molecule is COc1ccc(CCC(=O)N2CCOC(c3ccc(N(C)C)cc3)C2)cc1. The highest BCUT2D eigenvalue weighted by molar-refractivity contribution is 5.76. The van der Waals surface area contributed by atoms with E-state index in [4.69, 9.17) is 9.47 Å². The number of hydrogen-bond donors (Lipinski definition) is 0. The molecule has 1 heterocycles. The van der Waals surface area contributed by atoms with E-state index in [1.807, 2.05) is 43.3 Å². The summed E-state index contributed by atoms with van der Waals surface area (Å²) >= 11 is 0. The van der Waals surface area contributed by atoms with Crippen molar-refractivity contribution in [2.45, 2.75) is 18.9 Å². The molecule has 2 aromatic carbocycles. The number of nitrogens with zero attached hydrogens (tertiary/aromatic N) is 2. The Morgan fingerprint density at radius 3 is 2.48 bits per heavy atom. The number of morpholine rings is 1. The zero-order chi connectivity index (χ0) is 19.2. The normalized spacial score (nSPS) is 16.9. The van der Waals surface area contributed by atoms with Gasteiger partial charge in [0.05, 0.1) is 20.3 Å². The first kappa shape index (κ1) is 19.2. The molecule has 5 heteroatoms. The molecule has 1 amide bonds. The van der Waals surface area contributed by atoms with E-state index in [2.05, 4.69) is 29.2 Å². The number of ether oxygens (including phenoxy) is 2. The topological polar surface area (TPSA) is 42.0 Å². The van der Waals surface area contributed by atoms with Gasteiger partial charge in [-0.25, -0.2) is 0 Å². The Kier molecular flexibility index (Phi) is 6.35. The van der Waals surface area contributed by atoms with Gasteiger partial charge in [0.1, 0.15) is 11.9 Å². The first-order chi connectivity index (χ1) is 13.1. The van der Waals surface area contributed by atoms with Crippen molar-refractivity contribution in [3.05, 3.63) is 59.7 Å². The van der Waals surface area contributed by atoms with Gasteiger partial charge in [0.25, 0.3) is 0 Å². The first-order valence-electron chi connectivity index (χ1n) is 9.36. The van der Waals surface area contributed by atoms with Crippen LogP contribution in [0.5, 0.6) is 5.75 Å². The zero-order valence-electron chi connectivity index (χ0n) is 16.4. The van der Waals surface area contributed by atoms with Crippen LogP contribution in [0, 0.1) is 0 Å². The second-order valence-electron chi connectivity index (χ2n) is 7.03. The molecule has 1 atom stereocenters. The third-order valence-electron chi connectivity index (χ3n) is 4.99. The molecule has 0 spiro atoms. The maximum Gasteiger partial charge on any atom is 0.223 e. The molecule has 0 aliphatic carbocycles. The summed E-state index contributed by atoms with van der Waals surface area (Å²) in [6, 6.07) is 16.2. The lowest BCUT2D eigenvalue weighted by Crippen LogP contribution is -2.42. The lowest BCUT2D eigenvalue weighted by atomic mass is 10.1. The fraction of sp³-hybridized carbons (Fsp3) is 0.409. The van der Waals surface area contributed by atoms with Crippen LogP contribution in [0.1, 0.15) is 23.7 Å². The van der Waals surface area contributed by atoms with Crippen LogP contribution in [-0.4, -0.2) is 51.7 Å². The largest absolute Gasteiger partial charge is 0.497 e. The van der Waals surface area contributed by atoms with Crippen LogP contribution in [0.3, 0.4) is 0 Å². The molecule has 0 bridgehead atoms. The molecule has 27 heavy (non-hydrogen) atoms. The molecule has 1 fully saturated rings. The molecule has 0 N–H and O–H groups in total. The van der Waals surface area contributed by atoms with E-state index in [9.17, 15) is 4.79 Å². The van der Waals surface area contributed by atoms with Crippen LogP contribution in [-0.2, 0) is 16.0 Å². The van der Waals surface area contributed by atoms with Gasteiger partial charge in [0, 0.05) is 32.7 Å². The molecule has 2 aromatic rings. The molecule has 1 aliphatic rings. The molecule has 0 aromatic heterocycles. The number of aryl methyl sites for hydroxylation is 1. The van der Waals surface area contributed by atoms with Gasteiger partial charge in [-0.3, -0.25) is 4.79 Å². The highest BCUT2D eigenvalue weighted by Crippen LogP contribution is 2.25. The number of benzene rings is 2. The van der Waals surface area contributed by atoms with E-state index < -0.39 is 0 Å². The number of amides is 1. The monoisotopic (exact) mass is 368 g/mol. The number of anilines is 1. The van der Waals surface area contributed by atoms with E-state index in [0.717, 1.165) is 29.0 Å². The van der Waals surface area contributed by atoms with Crippen LogP contribution >= 0.6 is 0 Å². The van der Waals surface area contributed by atoms with E-state index in [-0.39, 0.29) is 12.0 Å². The van der Waals surface area contributed by atoms with Gasteiger partial charge >= 0.3 is 0 Å². The van der Waals surface area contributed by atoms with Crippen molar-refractivity contribution in [1.29, 1.82) is 0 Å². The van der Waals surface area contributed by atoms with Crippen molar-refractivity contribution in [2.24, 2.45) is 0 Å². The predicted octanol–water partition coefficient (Wildman–Crippen LogP) is 3.29. The second kappa shape index (κ2) is 8.91. The fourth-order valence-corrected chi connectivity index (χ4v) is 3.27. The molecule has 1 aliphatic heterocycles. The van der Waals surface area contributed by atoms with E-state index in [0.29, 0.717) is 26.1 Å². The highest BCUT2D eigenvalue weighted by atomic mass is 16.5. The van der Waals surface area contributed by atoms with Crippen LogP contribution in [0.4, 0.5) is 5.69 Å². The lowest BCUT2D eigenvalue weighted by molar-refractivity contribution is -0.139. The standard InChI is InChI=1S/C22H28N2O3/c1-23(2)19-9-7-18(8-10-19)21-16-24(14-15-27-21)22(25)13-6-17-4-11-20(26-3)12-5-17/h4-5,7-12,21H,6,13-16H2,1-3H3. The Hall–Kier alpha value is -2.53. The molecule has 0 radical (unpaired) electrons. The highest BCUT2D eigenvalue weighted by Gasteiger charge is 2.25. The van der Waals surface area contributed by atoms with Crippen molar-refractivity contribution >= 4 is 11.6 Å². The third-order valence-corrected chi connectivity index (χ3v) is 4.99. The Labute approximate surface area is 161 Å². The average molecular weight is 368 g/mol. The quantitative estimate of drug-likeness (QED) is 0.785. The minimum Gasteiger partial charge on any atom is -0.497 e. The van der Waals surface area contributed by atoms with Gasteiger partial charge in [0.15, 0.2) is 0 Å². The van der Waals surface area contributed by atoms with Crippen LogP contribution in [0.2, 0.25) is 0 Å². The summed E-state index contributed by atoms with van der Waals surface area (Å²) < 4.78 is 11.1. The fourth-order valence-electron chi connectivity index (χ4n) is 3.27. The van der Waals surface area contributed by atoms with Gasteiger partial charge in [-0.2, -0.15) is 0 Å². The van der Waals surface area contributed by atoms with Crippen LogP contribution < -0.4 is 9.64 Å². The summed E-state index contributed by atoms with van der Waals surface area (Å²) in [5.41, 5.74) is 3.42. The summed E-state index contributed by atoms with van der Waals surface area (Å²) in [6.45, 7) is 1.85. The summed E-state index contributed by atoms with van der Waals surface area (Å²) in [4.78, 5) is 16.7. The van der Waals surface area contributed by atoms with Crippen molar-refractivity contribution < 1.29 is 14.3 Å². The van der Waals surface area contributed by atoms with Crippen LogP contribution in [0.15, 0.2) is 48.5 Å². The lowest BCUT2D eigenvalue weighted by Gasteiger charge is -2.33. The Balaban J connectivity index is 1.55. The van der Waals surface area contributed by atoms with Crippen molar-refractivity contribution in [3.8, 4) is 5.75 Å². The molecular formula is C22H28N2O3. The number of carbonyl (C=O) groups is 1. The minimum absolute atomic E-state index is 0.0556. The zero-order valence-corrected chi connectivity index (χ0v) is 16.4. The first-order valence-corrected chi connectivity index (χ1v) is 9.36. The molecule has 1 saturated heterocycles. The number of hydrogen-bond acceptors (Lipinski definition) is 4. The molecule has 3 rings (SSSR count). The summed E-state index contributed by atoms with van der Waals surface area (Å²) in [6.07, 6.45) is 1.20. The molecule has 1 unspecified atom stereocenters. The summed E-state index contributed by atoms with van der Waals surface area (Å²) in [7, 11) is 5.70. The van der Waals surface area contributed by atoms with Gasteiger partial charge < -0.3 is 19.3 Å². The molecule has 144 valence electrons. The number of carbonyl (C=O) groups excluding carboxylic acids is 1. The molecule has 5 nitrogen and oxygen atoms in total. The maximum atomic E-state index is 12.7. The number of methoxy groups -OCH3 is 1. The molecule has 0 saturated carbocycles. The predicted molar refractivity (Wildman–Crippen MR) is 107 cm³/mol. The van der Waals surface area contributed by atoms with Gasteiger partial charge in [0.2, 0.25) is 5.91 Å². The van der Waals surface area contributed by atoms with Gasteiger partial charge in [-0.15, -0.1) is 0 Å². The van der Waals surface area contributed by atoms with E-state index in [1.165, 1.54) is 0 Å². The Morgan fingerprint density at radius 2 is 1.85 bits per heavy atom. The second-order valence-corrected chi connectivity index (χ2v) is 7.03. The van der Waals surface area contributed by atoms with Gasteiger partial charge in [-0.1, -0.05) is 24.3 Å².